The molecule has 0 saturated heterocycles. The summed E-state index contributed by atoms with van der Waals surface area (Å²) in [6.45, 7) is 0. The summed E-state index contributed by atoms with van der Waals surface area (Å²) < 4.78 is 25.9. The van der Waals surface area contributed by atoms with Gasteiger partial charge in [-0.05, 0) is 24.3 Å². The van der Waals surface area contributed by atoms with Crippen LogP contribution in [-0.2, 0) is 13.6 Å². The molecule has 0 amide bonds. The highest BCUT2D eigenvalue weighted by Crippen LogP contribution is 2.50. The van der Waals surface area contributed by atoms with Crippen molar-refractivity contribution < 1.29 is 23.1 Å². The van der Waals surface area contributed by atoms with Crippen molar-refractivity contribution in [2.24, 2.45) is 0 Å². The number of aliphatic hydroxyl groups excluding tert-OH is 1. The van der Waals surface area contributed by atoms with E-state index in [1.807, 2.05) is 0 Å². The second-order valence-corrected chi connectivity index (χ2v) is 5.03. The number of hydrogen-bond acceptors (Lipinski definition) is 5. The van der Waals surface area contributed by atoms with Gasteiger partial charge in [0.1, 0.15) is 5.76 Å². The van der Waals surface area contributed by atoms with Crippen LogP contribution in [0.1, 0.15) is 5.76 Å². The third-order valence-electron chi connectivity index (χ3n) is 1.81. The molecular formula is C9H13O5P. The predicted octanol–water partition coefficient (Wildman–Crippen LogP) is 2.10. The van der Waals surface area contributed by atoms with Gasteiger partial charge in [-0.25, -0.2) is 0 Å². The summed E-state index contributed by atoms with van der Waals surface area (Å²) >= 11 is 0. The monoisotopic (exact) mass is 232 g/mol. The molecule has 5 nitrogen and oxygen atoms in total. The minimum atomic E-state index is -3.46. The Morgan fingerprint density at radius 1 is 1.53 bits per heavy atom. The molecular weight excluding hydrogens is 219 g/mol. The summed E-state index contributed by atoms with van der Waals surface area (Å²) in [7, 11) is -1.03. The Morgan fingerprint density at radius 3 is 2.67 bits per heavy atom. The largest absolute Gasteiger partial charge is 0.465 e. The smallest absolute Gasteiger partial charge is 0.362 e. The summed E-state index contributed by atoms with van der Waals surface area (Å²) in [4.78, 5) is 0. The third kappa shape index (κ3) is 3.04. The fourth-order valence-corrected chi connectivity index (χ4v) is 1.84. The maximum atomic E-state index is 11.6. The molecule has 0 aliphatic heterocycles. The van der Waals surface area contributed by atoms with E-state index in [1.165, 1.54) is 32.6 Å². The first-order chi connectivity index (χ1) is 7.12. The van der Waals surface area contributed by atoms with Crippen molar-refractivity contribution in [2.45, 2.75) is 5.85 Å². The van der Waals surface area contributed by atoms with Crippen LogP contribution in [0, 0.1) is 0 Å². The van der Waals surface area contributed by atoms with E-state index in [9.17, 15) is 9.67 Å². The van der Waals surface area contributed by atoms with Crippen LogP contribution in [0.4, 0.5) is 0 Å². The van der Waals surface area contributed by atoms with Crippen LogP contribution in [0.15, 0.2) is 28.9 Å². The number of hydrogen-bond donors (Lipinski definition) is 1. The van der Waals surface area contributed by atoms with Crippen LogP contribution in [0.5, 0.6) is 0 Å². The van der Waals surface area contributed by atoms with E-state index < -0.39 is 13.4 Å². The third-order valence-corrected chi connectivity index (χ3v) is 3.65. The second kappa shape index (κ2) is 5.28. The van der Waals surface area contributed by atoms with Crippen LogP contribution in [0.25, 0.3) is 6.08 Å². The van der Waals surface area contributed by atoms with E-state index in [1.54, 1.807) is 12.1 Å². The van der Waals surface area contributed by atoms with Gasteiger partial charge in [0.25, 0.3) is 0 Å². The lowest BCUT2D eigenvalue weighted by molar-refractivity contribution is 0.201. The van der Waals surface area contributed by atoms with E-state index in [0.29, 0.717) is 5.76 Å². The lowest BCUT2D eigenvalue weighted by Gasteiger charge is -2.16. The average molecular weight is 232 g/mol. The molecule has 84 valence electrons. The van der Waals surface area contributed by atoms with E-state index in [2.05, 4.69) is 9.05 Å². The molecule has 0 unspecified atom stereocenters. The van der Waals surface area contributed by atoms with Crippen molar-refractivity contribution >= 4 is 13.7 Å². The van der Waals surface area contributed by atoms with E-state index in [0.717, 1.165) is 0 Å². The number of aliphatic hydroxyl groups is 1. The van der Waals surface area contributed by atoms with Crippen LogP contribution >= 0.6 is 7.60 Å². The molecule has 1 N–H and O–H groups in total. The molecule has 1 aromatic rings. The molecule has 0 spiro atoms. The van der Waals surface area contributed by atoms with Crippen LogP contribution in [0.2, 0.25) is 0 Å². The summed E-state index contributed by atoms with van der Waals surface area (Å²) in [5.74, 6) is -0.759. The van der Waals surface area contributed by atoms with Gasteiger partial charge in [-0.15, -0.1) is 0 Å². The highest BCUT2D eigenvalue weighted by Gasteiger charge is 2.29. The minimum absolute atomic E-state index is 0.549. The summed E-state index contributed by atoms with van der Waals surface area (Å²) in [6, 6.07) is 3.41. The lowest BCUT2D eigenvalue weighted by atomic mass is 10.4. The predicted molar refractivity (Wildman–Crippen MR) is 55.4 cm³/mol. The van der Waals surface area contributed by atoms with Gasteiger partial charge in [-0.1, -0.05) is 0 Å². The fraction of sp³-hybridized carbons (Fsp3) is 0.333. The van der Waals surface area contributed by atoms with Crippen molar-refractivity contribution in [1.29, 1.82) is 0 Å². The van der Waals surface area contributed by atoms with Gasteiger partial charge in [0.15, 0.2) is 5.85 Å². The molecule has 0 fully saturated rings. The van der Waals surface area contributed by atoms with Gasteiger partial charge < -0.3 is 18.6 Å². The molecule has 1 aromatic heterocycles. The van der Waals surface area contributed by atoms with Gasteiger partial charge in [0, 0.05) is 14.2 Å². The van der Waals surface area contributed by atoms with Crippen LogP contribution in [0.3, 0.4) is 0 Å². The van der Waals surface area contributed by atoms with Gasteiger partial charge >= 0.3 is 7.60 Å². The average Bonchev–Trinajstić information content (AvgIpc) is 2.77. The van der Waals surface area contributed by atoms with Gasteiger partial charge in [-0.3, -0.25) is 4.57 Å². The summed E-state index contributed by atoms with van der Waals surface area (Å²) in [6.07, 6.45) is 4.29. The minimum Gasteiger partial charge on any atom is -0.465 e. The Hall–Kier alpha value is -0.870. The highest BCUT2D eigenvalue weighted by atomic mass is 31.2. The Bertz CT molecular complexity index is 349. The molecule has 1 atom stereocenters. The highest BCUT2D eigenvalue weighted by molar-refractivity contribution is 7.54. The van der Waals surface area contributed by atoms with E-state index in [4.69, 9.17) is 4.42 Å². The Morgan fingerprint density at radius 2 is 2.20 bits per heavy atom. The Labute approximate surface area is 87.8 Å². The Balaban J connectivity index is 2.70. The quantitative estimate of drug-likeness (QED) is 0.787. The van der Waals surface area contributed by atoms with E-state index >= 15 is 0 Å². The molecule has 0 aliphatic carbocycles. The SMILES string of the molecule is COP(=O)(OC)[C@@H](O)/C=C/c1ccco1. The first-order valence-electron chi connectivity index (χ1n) is 4.23. The molecule has 0 radical (unpaired) electrons. The first-order valence-corrected chi connectivity index (χ1v) is 5.84. The van der Waals surface area contributed by atoms with Crippen molar-refractivity contribution in [3.8, 4) is 0 Å². The summed E-state index contributed by atoms with van der Waals surface area (Å²) in [5.41, 5.74) is 0. The van der Waals surface area contributed by atoms with Crippen molar-refractivity contribution in [2.75, 3.05) is 14.2 Å². The van der Waals surface area contributed by atoms with Crippen molar-refractivity contribution in [3.63, 3.8) is 0 Å². The van der Waals surface area contributed by atoms with Gasteiger partial charge in [0.2, 0.25) is 0 Å². The zero-order valence-corrected chi connectivity index (χ0v) is 9.39. The molecule has 6 heteroatoms. The number of furan rings is 1. The normalized spacial score (nSPS) is 14.6. The molecule has 0 aromatic carbocycles. The second-order valence-electron chi connectivity index (χ2n) is 2.69. The molecule has 0 aliphatic rings. The molecule has 15 heavy (non-hydrogen) atoms. The topological polar surface area (TPSA) is 68.9 Å². The molecule has 1 heterocycles. The fourth-order valence-electron chi connectivity index (χ4n) is 0.963. The zero-order chi connectivity index (χ0) is 11.3. The Kier molecular flexibility index (Phi) is 4.29. The molecule has 1 rings (SSSR count). The zero-order valence-electron chi connectivity index (χ0n) is 8.49. The van der Waals surface area contributed by atoms with E-state index in [-0.39, 0.29) is 0 Å². The number of rotatable bonds is 5. The van der Waals surface area contributed by atoms with Crippen molar-refractivity contribution in [3.05, 3.63) is 30.2 Å². The van der Waals surface area contributed by atoms with Crippen LogP contribution < -0.4 is 0 Å². The van der Waals surface area contributed by atoms with Crippen molar-refractivity contribution in [1.82, 2.24) is 0 Å². The first kappa shape index (κ1) is 12.2. The standard InChI is InChI=1S/C9H13O5P/c1-12-15(11,13-2)9(10)6-5-8-4-3-7-14-8/h3-7,9-10H,1-2H3/b6-5+/t9-/m1/s1. The van der Waals surface area contributed by atoms with Gasteiger partial charge in [0.05, 0.1) is 6.26 Å². The van der Waals surface area contributed by atoms with Crippen LogP contribution in [-0.4, -0.2) is 25.2 Å². The summed E-state index contributed by atoms with van der Waals surface area (Å²) in [5, 5.41) is 9.53. The maximum Gasteiger partial charge on any atom is 0.362 e. The van der Waals surface area contributed by atoms with Gasteiger partial charge in [-0.2, -0.15) is 0 Å². The maximum absolute atomic E-state index is 11.6. The molecule has 0 saturated carbocycles. The molecule has 0 bridgehead atoms. The lowest BCUT2D eigenvalue weighted by Crippen LogP contribution is -2.06.